The van der Waals surface area contributed by atoms with Gasteiger partial charge in [0.15, 0.2) is 0 Å². The van der Waals surface area contributed by atoms with Crippen LogP contribution < -0.4 is 0 Å². The molecule has 4 nitrogen and oxygen atoms in total. The highest BCUT2D eigenvalue weighted by atomic mass is 35.5. The Hall–Kier alpha value is -1.64. The van der Waals surface area contributed by atoms with Crippen LogP contribution in [0.1, 0.15) is 5.56 Å². The molecule has 0 aromatic carbocycles. The van der Waals surface area contributed by atoms with E-state index in [1.54, 1.807) is 6.26 Å². The minimum atomic E-state index is 0.315. The molecule has 14 heavy (non-hydrogen) atoms. The first kappa shape index (κ1) is 8.94. The summed E-state index contributed by atoms with van der Waals surface area (Å²) in [4.78, 5) is 2.70. The Morgan fingerprint density at radius 1 is 1.36 bits per heavy atom. The molecule has 0 fully saturated rings. The predicted octanol–water partition coefficient (Wildman–Crippen LogP) is 3.85. The van der Waals surface area contributed by atoms with E-state index in [4.69, 9.17) is 21.5 Å². The van der Waals surface area contributed by atoms with Crippen LogP contribution in [-0.4, -0.2) is 0 Å². The van der Waals surface area contributed by atoms with E-state index in [9.17, 15) is 0 Å². The SMILES string of the molecule is [N-]=[N+]=NCc1ccc2c(Cl)cocc1-2. The van der Waals surface area contributed by atoms with Crippen LogP contribution in [0.5, 0.6) is 0 Å². The van der Waals surface area contributed by atoms with Crippen molar-refractivity contribution in [3.63, 3.8) is 0 Å². The summed E-state index contributed by atoms with van der Waals surface area (Å²) in [5.74, 6) is 0. The van der Waals surface area contributed by atoms with E-state index in [1.165, 1.54) is 6.26 Å². The van der Waals surface area contributed by atoms with Crippen molar-refractivity contribution in [3.05, 3.63) is 45.7 Å². The minimum Gasteiger partial charge on any atom is -0.470 e. The third-order valence-electron chi connectivity index (χ3n) is 2.01. The average Bonchev–Trinajstić information content (AvgIpc) is 2.60. The summed E-state index contributed by atoms with van der Waals surface area (Å²) < 4.78 is 5.03. The zero-order valence-electron chi connectivity index (χ0n) is 7.14. The number of rotatable bonds is 2. The minimum absolute atomic E-state index is 0.315. The zero-order valence-corrected chi connectivity index (χ0v) is 7.90. The fourth-order valence-electron chi connectivity index (χ4n) is 1.35. The maximum Gasteiger partial charge on any atom is 0.109 e. The molecule has 1 aliphatic heterocycles. The van der Waals surface area contributed by atoms with E-state index in [0.29, 0.717) is 11.6 Å². The maximum absolute atomic E-state index is 8.20. The zero-order chi connectivity index (χ0) is 9.97. The van der Waals surface area contributed by atoms with E-state index >= 15 is 0 Å². The third kappa shape index (κ3) is 1.41. The molecular formula is C9H6ClN3O. The molecule has 1 heterocycles. The molecule has 2 rings (SSSR count). The second-order valence-electron chi connectivity index (χ2n) is 2.79. The highest BCUT2D eigenvalue weighted by molar-refractivity contribution is 6.33. The van der Waals surface area contributed by atoms with Gasteiger partial charge < -0.3 is 4.42 Å². The molecule has 0 radical (unpaired) electrons. The Balaban J connectivity index is 2.48. The van der Waals surface area contributed by atoms with Gasteiger partial charge in [-0.05, 0) is 11.1 Å². The van der Waals surface area contributed by atoms with Gasteiger partial charge in [-0.3, -0.25) is 0 Å². The molecular weight excluding hydrogens is 202 g/mol. The van der Waals surface area contributed by atoms with Crippen molar-refractivity contribution < 1.29 is 4.42 Å². The van der Waals surface area contributed by atoms with Gasteiger partial charge >= 0.3 is 0 Å². The molecule has 0 amide bonds. The van der Waals surface area contributed by atoms with Gasteiger partial charge in [-0.25, -0.2) is 0 Å². The lowest BCUT2D eigenvalue weighted by Gasteiger charge is -2.01. The molecule has 0 N–H and O–H groups in total. The van der Waals surface area contributed by atoms with Gasteiger partial charge in [0.2, 0.25) is 0 Å². The molecule has 0 saturated carbocycles. The van der Waals surface area contributed by atoms with Gasteiger partial charge in [-0.1, -0.05) is 28.8 Å². The standard InChI is InChI=1S/C9H6ClN3O/c10-9-5-14-4-8-6(3-12-13-11)1-2-7(8)9/h1-2,4-5H,3H2. The number of nitrogens with zero attached hydrogens (tertiary/aromatic N) is 3. The fraction of sp³-hybridized carbons (Fsp3) is 0.111. The maximum atomic E-state index is 8.20. The lowest BCUT2D eigenvalue weighted by Crippen LogP contribution is -1.81. The van der Waals surface area contributed by atoms with Crippen LogP contribution in [-0.2, 0) is 6.54 Å². The molecule has 5 heteroatoms. The van der Waals surface area contributed by atoms with Crippen LogP contribution in [0.25, 0.3) is 21.6 Å². The van der Waals surface area contributed by atoms with Crippen molar-refractivity contribution in [3.8, 4) is 11.1 Å². The molecule has 0 spiro atoms. The van der Waals surface area contributed by atoms with Gasteiger partial charge in [-0.15, -0.1) is 0 Å². The first-order chi connectivity index (χ1) is 6.83. The van der Waals surface area contributed by atoms with E-state index in [0.717, 1.165) is 16.7 Å². The van der Waals surface area contributed by atoms with Crippen LogP contribution in [0, 0.1) is 0 Å². The van der Waals surface area contributed by atoms with Crippen molar-refractivity contribution in [2.75, 3.05) is 0 Å². The summed E-state index contributed by atoms with van der Waals surface area (Å²) in [6, 6.07) is 3.76. The van der Waals surface area contributed by atoms with Crippen molar-refractivity contribution in [1.82, 2.24) is 0 Å². The normalized spacial score (nSPS) is 10.1. The lowest BCUT2D eigenvalue weighted by atomic mass is 10.1. The van der Waals surface area contributed by atoms with Crippen molar-refractivity contribution in [1.29, 1.82) is 0 Å². The highest BCUT2D eigenvalue weighted by Crippen LogP contribution is 2.34. The van der Waals surface area contributed by atoms with E-state index in [-0.39, 0.29) is 0 Å². The third-order valence-corrected chi connectivity index (χ3v) is 2.30. The fourth-order valence-corrected chi connectivity index (χ4v) is 1.57. The second kappa shape index (κ2) is 3.62. The summed E-state index contributed by atoms with van der Waals surface area (Å²) in [5.41, 5.74) is 10.9. The van der Waals surface area contributed by atoms with Crippen LogP contribution >= 0.6 is 11.6 Å². The number of halogens is 1. The van der Waals surface area contributed by atoms with Crippen LogP contribution in [0.4, 0.5) is 0 Å². The number of hydrogen-bond donors (Lipinski definition) is 0. The van der Waals surface area contributed by atoms with Crippen molar-refractivity contribution in [2.24, 2.45) is 5.11 Å². The number of fused-ring (bicyclic) bond motifs is 1. The Morgan fingerprint density at radius 2 is 2.21 bits per heavy atom. The van der Waals surface area contributed by atoms with Gasteiger partial charge in [0, 0.05) is 16.0 Å². The molecule has 2 aliphatic rings. The Kier molecular flexibility index (Phi) is 2.31. The smallest absolute Gasteiger partial charge is 0.109 e. The summed E-state index contributed by atoms with van der Waals surface area (Å²) in [7, 11) is 0. The van der Waals surface area contributed by atoms with Gasteiger partial charge in [0.05, 0.1) is 17.8 Å². The summed E-state index contributed by atoms with van der Waals surface area (Å²) in [6.07, 6.45) is 3.07. The molecule has 70 valence electrons. The summed E-state index contributed by atoms with van der Waals surface area (Å²) in [5, 5.41) is 4.05. The monoisotopic (exact) mass is 207 g/mol. The largest absolute Gasteiger partial charge is 0.470 e. The topological polar surface area (TPSA) is 61.9 Å². The van der Waals surface area contributed by atoms with Crippen LogP contribution in [0.15, 0.2) is 34.2 Å². The Morgan fingerprint density at radius 3 is 3.00 bits per heavy atom. The molecule has 0 atom stereocenters. The molecule has 1 aliphatic carbocycles. The lowest BCUT2D eigenvalue weighted by molar-refractivity contribution is 0.552. The van der Waals surface area contributed by atoms with Crippen LogP contribution in [0.3, 0.4) is 0 Å². The van der Waals surface area contributed by atoms with Gasteiger partial charge in [0.1, 0.15) is 6.26 Å². The Labute approximate surface area is 85.1 Å². The molecule has 0 bridgehead atoms. The first-order valence-corrected chi connectivity index (χ1v) is 4.35. The predicted molar refractivity (Wildman–Crippen MR) is 53.2 cm³/mol. The van der Waals surface area contributed by atoms with Crippen molar-refractivity contribution in [2.45, 2.75) is 6.54 Å². The average molecular weight is 208 g/mol. The molecule has 0 aromatic rings. The van der Waals surface area contributed by atoms with Gasteiger partial charge in [-0.2, -0.15) is 0 Å². The van der Waals surface area contributed by atoms with Gasteiger partial charge in [0.25, 0.3) is 0 Å². The van der Waals surface area contributed by atoms with Crippen LogP contribution in [0.2, 0.25) is 5.02 Å². The Bertz CT molecular complexity index is 473. The quantitative estimate of drug-likeness (QED) is 0.419. The number of azide groups is 1. The molecule has 0 aromatic heterocycles. The van der Waals surface area contributed by atoms with E-state index < -0.39 is 0 Å². The summed E-state index contributed by atoms with van der Waals surface area (Å²) >= 11 is 5.91. The summed E-state index contributed by atoms with van der Waals surface area (Å²) in [6.45, 7) is 0.315. The number of hydrogen-bond acceptors (Lipinski definition) is 2. The van der Waals surface area contributed by atoms with E-state index in [1.807, 2.05) is 12.1 Å². The highest BCUT2D eigenvalue weighted by Gasteiger charge is 2.12. The molecule has 0 saturated heterocycles. The first-order valence-electron chi connectivity index (χ1n) is 3.97. The molecule has 0 unspecified atom stereocenters. The van der Waals surface area contributed by atoms with E-state index in [2.05, 4.69) is 10.0 Å². The van der Waals surface area contributed by atoms with Crippen molar-refractivity contribution >= 4 is 11.6 Å². The second-order valence-corrected chi connectivity index (χ2v) is 3.20.